The van der Waals surface area contributed by atoms with Crippen LogP contribution in [0.5, 0.6) is 0 Å². The highest BCUT2D eigenvalue weighted by Crippen LogP contribution is 2.31. The van der Waals surface area contributed by atoms with Gasteiger partial charge in [-0.05, 0) is 30.4 Å². The van der Waals surface area contributed by atoms with Crippen LogP contribution in [0, 0.1) is 0 Å². The fraction of sp³-hybridized carbons (Fsp3) is 0.778. The molecule has 1 aliphatic rings. The fourth-order valence-electron chi connectivity index (χ4n) is 1.42. The van der Waals surface area contributed by atoms with E-state index >= 15 is 0 Å². The first-order chi connectivity index (χ1) is 6.00. The highest BCUT2D eigenvalue weighted by molar-refractivity contribution is 14.1. The lowest BCUT2D eigenvalue weighted by Crippen LogP contribution is -2.26. The molecule has 1 fully saturated rings. The molecule has 76 valence electrons. The van der Waals surface area contributed by atoms with Crippen LogP contribution in [0.15, 0.2) is 9.66 Å². The summed E-state index contributed by atoms with van der Waals surface area (Å²) in [6.07, 6.45) is -0.349. The molecule has 0 aromatic rings. The third-order valence-corrected chi connectivity index (χ3v) is 2.97. The van der Waals surface area contributed by atoms with Gasteiger partial charge in [0.2, 0.25) is 0 Å². The van der Waals surface area contributed by atoms with E-state index in [1.807, 2.05) is 24.9 Å². The molecule has 0 unspecified atom stereocenters. The second-order valence-corrected chi connectivity index (χ2v) is 4.25. The summed E-state index contributed by atoms with van der Waals surface area (Å²) in [7, 11) is 0. The van der Waals surface area contributed by atoms with Crippen LogP contribution in [0.3, 0.4) is 0 Å². The number of hydrogen-bond donors (Lipinski definition) is 1. The Kier molecular flexibility index (Phi) is 3.73. The van der Waals surface area contributed by atoms with Crippen LogP contribution >= 0.6 is 22.6 Å². The largest absolute Gasteiger partial charge is 0.394 e. The SMILES string of the molecule is C/C(=C\I)[C@H]1OC(C)(C)O[C@@H]1CO. The number of aliphatic hydroxyl groups is 1. The molecule has 0 aromatic heterocycles. The van der Waals surface area contributed by atoms with Gasteiger partial charge < -0.3 is 14.6 Å². The van der Waals surface area contributed by atoms with Gasteiger partial charge in [-0.2, -0.15) is 0 Å². The summed E-state index contributed by atoms with van der Waals surface area (Å²) in [6.45, 7) is 5.69. The van der Waals surface area contributed by atoms with Crippen molar-refractivity contribution in [3.63, 3.8) is 0 Å². The van der Waals surface area contributed by atoms with Gasteiger partial charge in [0, 0.05) is 0 Å². The standard InChI is InChI=1S/C9H15IO3/c1-6(4-10)8-7(5-11)12-9(2,3)13-8/h4,7-8,11H,5H2,1-3H3/b6-4+/t7-,8-/m1/s1. The van der Waals surface area contributed by atoms with Crippen LogP contribution in [0.4, 0.5) is 0 Å². The molecule has 0 aromatic carbocycles. The summed E-state index contributed by atoms with van der Waals surface area (Å²) in [5.74, 6) is -0.584. The van der Waals surface area contributed by atoms with Crippen molar-refractivity contribution in [2.75, 3.05) is 6.61 Å². The molecule has 1 rings (SSSR count). The third kappa shape index (κ3) is 2.65. The highest BCUT2D eigenvalue weighted by atomic mass is 127. The zero-order valence-electron chi connectivity index (χ0n) is 8.08. The Morgan fingerprint density at radius 3 is 2.62 bits per heavy atom. The average molecular weight is 298 g/mol. The van der Waals surface area contributed by atoms with Gasteiger partial charge in [-0.15, -0.1) is 0 Å². The van der Waals surface area contributed by atoms with Crippen molar-refractivity contribution in [1.29, 1.82) is 0 Å². The first kappa shape index (κ1) is 11.4. The summed E-state index contributed by atoms with van der Waals surface area (Å²) in [5, 5.41) is 9.08. The van der Waals surface area contributed by atoms with Crippen molar-refractivity contribution >= 4 is 22.6 Å². The maximum atomic E-state index is 9.08. The van der Waals surface area contributed by atoms with E-state index in [1.165, 1.54) is 0 Å². The lowest BCUT2D eigenvalue weighted by molar-refractivity contribution is -0.146. The number of hydrogen-bond acceptors (Lipinski definition) is 3. The average Bonchev–Trinajstić information content (AvgIpc) is 2.39. The maximum absolute atomic E-state index is 9.08. The predicted octanol–water partition coefficient (Wildman–Crippen LogP) is 1.84. The highest BCUT2D eigenvalue weighted by Gasteiger charge is 2.41. The van der Waals surface area contributed by atoms with Gasteiger partial charge in [-0.25, -0.2) is 0 Å². The molecule has 0 saturated carbocycles. The molecule has 1 aliphatic heterocycles. The van der Waals surface area contributed by atoms with Gasteiger partial charge in [0.05, 0.1) is 6.61 Å². The van der Waals surface area contributed by atoms with Crippen LogP contribution in [0.2, 0.25) is 0 Å². The summed E-state index contributed by atoms with van der Waals surface area (Å²) in [6, 6.07) is 0. The monoisotopic (exact) mass is 298 g/mol. The number of halogens is 1. The number of rotatable bonds is 2. The molecule has 0 aliphatic carbocycles. The Morgan fingerprint density at radius 2 is 2.15 bits per heavy atom. The zero-order chi connectivity index (χ0) is 10.1. The predicted molar refractivity (Wildman–Crippen MR) is 58.7 cm³/mol. The second kappa shape index (κ2) is 4.25. The Balaban J connectivity index is 2.75. The van der Waals surface area contributed by atoms with Gasteiger partial charge >= 0.3 is 0 Å². The molecule has 0 radical (unpaired) electrons. The number of ether oxygens (including phenoxy) is 2. The molecule has 1 heterocycles. The summed E-state index contributed by atoms with van der Waals surface area (Å²) >= 11 is 2.16. The Morgan fingerprint density at radius 1 is 1.54 bits per heavy atom. The van der Waals surface area contributed by atoms with E-state index in [9.17, 15) is 0 Å². The molecule has 1 saturated heterocycles. The van der Waals surface area contributed by atoms with Crippen LogP contribution in [-0.2, 0) is 9.47 Å². The lowest BCUT2D eigenvalue weighted by atomic mass is 10.1. The minimum atomic E-state index is -0.584. The van der Waals surface area contributed by atoms with Crippen LogP contribution < -0.4 is 0 Å². The first-order valence-corrected chi connectivity index (χ1v) is 5.48. The Bertz CT molecular complexity index is 213. The van der Waals surface area contributed by atoms with Gasteiger partial charge in [0.1, 0.15) is 12.2 Å². The van der Waals surface area contributed by atoms with E-state index < -0.39 is 5.79 Å². The van der Waals surface area contributed by atoms with E-state index in [-0.39, 0.29) is 18.8 Å². The van der Waals surface area contributed by atoms with E-state index in [0.717, 1.165) is 5.57 Å². The Hall–Kier alpha value is 0.350. The summed E-state index contributed by atoms with van der Waals surface area (Å²) in [5.41, 5.74) is 1.09. The zero-order valence-corrected chi connectivity index (χ0v) is 10.2. The van der Waals surface area contributed by atoms with Gasteiger partial charge in [-0.1, -0.05) is 22.6 Å². The van der Waals surface area contributed by atoms with Crippen molar-refractivity contribution in [2.45, 2.75) is 38.8 Å². The minimum Gasteiger partial charge on any atom is -0.394 e. The van der Waals surface area contributed by atoms with Crippen molar-refractivity contribution in [3.05, 3.63) is 9.66 Å². The maximum Gasteiger partial charge on any atom is 0.164 e. The van der Waals surface area contributed by atoms with Crippen molar-refractivity contribution in [1.82, 2.24) is 0 Å². The molecule has 4 heteroatoms. The van der Waals surface area contributed by atoms with Crippen LogP contribution in [-0.4, -0.2) is 29.7 Å². The topological polar surface area (TPSA) is 38.7 Å². The van der Waals surface area contributed by atoms with Crippen molar-refractivity contribution < 1.29 is 14.6 Å². The van der Waals surface area contributed by atoms with Crippen molar-refractivity contribution in [2.24, 2.45) is 0 Å². The molecule has 0 bridgehead atoms. The molecule has 0 spiro atoms. The summed E-state index contributed by atoms with van der Waals surface area (Å²) in [4.78, 5) is 0. The Labute approximate surface area is 92.2 Å². The van der Waals surface area contributed by atoms with Gasteiger partial charge in [0.25, 0.3) is 0 Å². The van der Waals surface area contributed by atoms with E-state index in [2.05, 4.69) is 22.6 Å². The van der Waals surface area contributed by atoms with Gasteiger partial charge in [0.15, 0.2) is 5.79 Å². The molecule has 13 heavy (non-hydrogen) atoms. The number of aliphatic hydroxyl groups excluding tert-OH is 1. The first-order valence-electron chi connectivity index (χ1n) is 4.23. The molecule has 0 amide bonds. The van der Waals surface area contributed by atoms with Crippen LogP contribution in [0.25, 0.3) is 0 Å². The molecule has 2 atom stereocenters. The quantitative estimate of drug-likeness (QED) is 0.791. The van der Waals surface area contributed by atoms with Crippen LogP contribution in [0.1, 0.15) is 20.8 Å². The van der Waals surface area contributed by atoms with E-state index in [1.54, 1.807) is 0 Å². The molecular weight excluding hydrogens is 283 g/mol. The minimum absolute atomic E-state index is 0.00405. The normalized spacial score (nSPS) is 33.8. The smallest absolute Gasteiger partial charge is 0.164 e. The summed E-state index contributed by atoms with van der Waals surface area (Å²) < 4.78 is 13.1. The molecule has 3 nitrogen and oxygen atoms in total. The van der Waals surface area contributed by atoms with E-state index in [4.69, 9.17) is 14.6 Å². The lowest BCUT2D eigenvalue weighted by Gasteiger charge is -2.16. The van der Waals surface area contributed by atoms with E-state index in [0.29, 0.717) is 0 Å². The molecular formula is C9H15IO3. The second-order valence-electron chi connectivity index (χ2n) is 3.63. The van der Waals surface area contributed by atoms with Gasteiger partial charge in [-0.3, -0.25) is 0 Å². The third-order valence-electron chi connectivity index (χ3n) is 1.98. The fourth-order valence-corrected chi connectivity index (χ4v) is 1.77. The molecule has 1 N–H and O–H groups in total. The van der Waals surface area contributed by atoms with Crippen molar-refractivity contribution in [3.8, 4) is 0 Å².